The summed E-state index contributed by atoms with van der Waals surface area (Å²) in [6, 6.07) is 6.18. The van der Waals surface area contributed by atoms with Crippen molar-refractivity contribution in [1.29, 1.82) is 0 Å². The summed E-state index contributed by atoms with van der Waals surface area (Å²) in [6.45, 7) is 1.24. The summed E-state index contributed by atoms with van der Waals surface area (Å²) < 4.78 is 48.2. The number of imide groups is 1. The SMILES string of the molecule is CCNC(=O)NC(=O)COC(=O)c1ccc(-c2cccc(C(F)(F)F)c2)o1. The average Bonchev–Trinajstić information content (AvgIpc) is 3.09. The quantitative estimate of drug-likeness (QED) is 0.773. The molecule has 0 fully saturated rings. The molecule has 0 radical (unpaired) electrons. The summed E-state index contributed by atoms with van der Waals surface area (Å²) >= 11 is 0. The highest BCUT2D eigenvalue weighted by Crippen LogP contribution is 2.32. The molecule has 2 rings (SSSR count). The zero-order valence-corrected chi connectivity index (χ0v) is 14.1. The number of benzene rings is 1. The first-order chi connectivity index (χ1) is 12.7. The van der Waals surface area contributed by atoms with Crippen LogP contribution in [0.1, 0.15) is 23.0 Å². The molecule has 10 heteroatoms. The van der Waals surface area contributed by atoms with Crippen LogP contribution in [0, 0.1) is 0 Å². The lowest BCUT2D eigenvalue weighted by Gasteiger charge is -2.07. The van der Waals surface area contributed by atoms with Crippen molar-refractivity contribution in [2.75, 3.05) is 13.2 Å². The summed E-state index contributed by atoms with van der Waals surface area (Å²) in [7, 11) is 0. The number of ether oxygens (including phenoxy) is 1. The van der Waals surface area contributed by atoms with Crippen LogP contribution in [0.3, 0.4) is 0 Å². The van der Waals surface area contributed by atoms with E-state index < -0.39 is 36.3 Å². The lowest BCUT2D eigenvalue weighted by atomic mass is 10.1. The molecule has 0 aliphatic carbocycles. The molecular weight excluding hydrogens is 369 g/mol. The van der Waals surface area contributed by atoms with E-state index in [1.165, 1.54) is 24.3 Å². The number of carbonyl (C=O) groups excluding carboxylic acids is 3. The Morgan fingerprint density at radius 1 is 1.15 bits per heavy atom. The van der Waals surface area contributed by atoms with Crippen LogP contribution in [0.5, 0.6) is 0 Å². The van der Waals surface area contributed by atoms with Crippen molar-refractivity contribution >= 4 is 17.9 Å². The van der Waals surface area contributed by atoms with Gasteiger partial charge in [-0.1, -0.05) is 12.1 Å². The zero-order valence-electron chi connectivity index (χ0n) is 14.1. The first kappa shape index (κ1) is 20.0. The molecule has 0 atom stereocenters. The number of alkyl halides is 3. The Labute approximate surface area is 151 Å². The largest absolute Gasteiger partial charge is 0.450 e. The van der Waals surface area contributed by atoms with E-state index in [2.05, 4.69) is 5.32 Å². The molecule has 0 aliphatic heterocycles. The van der Waals surface area contributed by atoms with E-state index in [4.69, 9.17) is 9.15 Å². The Morgan fingerprint density at radius 2 is 1.89 bits per heavy atom. The van der Waals surface area contributed by atoms with Gasteiger partial charge in [0, 0.05) is 12.1 Å². The van der Waals surface area contributed by atoms with Crippen LogP contribution >= 0.6 is 0 Å². The van der Waals surface area contributed by atoms with Crippen LogP contribution in [0.15, 0.2) is 40.8 Å². The Kier molecular flexibility index (Phi) is 6.22. The summed E-state index contributed by atoms with van der Waals surface area (Å²) in [5.41, 5.74) is -0.736. The third-order valence-electron chi connectivity index (χ3n) is 3.21. The van der Waals surface area contributed by atoms with Gasteiger partial charge in [0.05, 0.1) is 5.56 Å². The Hall–Kier alpha value is -3.30. The van der Waals surface area contributed by atoms with E-state index in [-0.39, 0.29) is 17.1 Å². The maximum absolute atomic E-state index is 12.8. The predicted octanol–water partition coefficient (Wildman–Crippen LogP) is 2.97. The van der Waals surface area contributed by atoms with Gasteiger partial charge in [-0.2, -0.15) is 13.2 Å². The maximum Gasteiger partial charge on any atom is 0.416 e. The molecule has 2 aromatic rings. The van der Waals surface area contributed by atoms with Gasteiger partial charge in [-0.05, 0) is 31.2 Å². The summed E-state index contributed by atoms with van der Waals surface area (Å²) in [6.07, 6.45) is -4.51. The third-order valence-corrected chi connectivity index (χ3v) is 3.21. The number of nitrogens with one attached hydrogen (secondary N) is 2. The van der Waals surface area contributed by atoms with Crippen molar-refractivity contribution in [3.63, 3.8) is 0 Å². The van der Waals surface area contributed by atoms with E-state index in [1.807, 2.05) is 5.32 Å². The van der Waals surface area contributed by atoms with E-state index in [0.29, 0.717) is 6.54 Å². The van der Waals surface area contributed by atoms with Crippen LogP contribution in [0.2, 0.25) is 0 Å². The number of hydrogen-bond donors (Lipinski definition) is 2. The van der Waals surface area contributed by atoms with Gasteiger partial charge in [0.1, 0.15) is 5.76 Å². The lowest BCUT2D eigenvalue weighted by Crippen LogP contribution is -2.41. The number of furan rings is 1. The number of rotatable bonds is 5. The first-order valence-electron chi connectivity index (χ1n) is 7.73. The monoisotopic (exact) mass is 384 g/mol. The number of amides is 3. The van der Waals surface area contributed by atoms with Crippen molar-refractivity contribution in [3.05, 3.63) is 47.7 Å². The molecule has 1 heterocycles. The fourth-order valence-corrected chi connectivity index (χ4v) is 2.02. The standard InChI is InChI=1S/C17H15F3N2O5/c1-2-21-16(25)22-14(23)9-26-15(24)13-7-6-12(27-13)10-4-3-5-11(8-10)17(18,19)20/h3-8H,2,9H2,1H3,(H2,21,22,23,25). The van der Waals surface area contributed by atoms with Crippen molar-refractivity contribution in [2.24, 2.45) is 0 Å². The summed E-state index contributed by atoms with van der Waals surface area (Å²) in [5.74, 6) is -2.12. The van der Waals surface area contributed by atoms with Crippen molar-refractivity contribution < 1.29 is 36.7 Å². The second-order valence-corrected chi connectivity index (χ2v) is 5.23. The van der Waals surface area contributed by atoms with Gasteiger partial charge in [-0.3, -0.25) is 10.1 Å². The normalized spacial score (nSPS) is 11.0. The fourth-order valence-electron chi connectivity index (χ4n) is 2.02. The Bertz CT molecular complexity index is 845. The Balaban J connectivity index is 2.00. The van der Waals surface area contributed by atoms with Gasteiger partial charge < -0.3 is 14.5 Å². The Morgan fingerprint density at radius 3 is 2.56 bits per heavy atom. The van der Waals surface area contributed by atoms with Crippen LogP contribution in [-0.2, 0) is 15.7 Å². The minimum absolute atomic E-state index is 0.0276. The predicted molar refractivity (Wildman–Crippen MR) is 86.6 cm³/mol. The highest BCUT2D eigenvalue weighted by Gasteiger charge is 2.30. The van der Waals surface area contributed by atoms with E-state index in [1.54, 1.807) is 6.92 Å². The molecule has 0 saturated heterocycles. The lowest BCUT2D eigenvalue weighted by molar-refractivity contribution is -0.137. The molecule has 0 saturated carbocycles. The number of hydrogen-bond acceptors (Lipinski definition) is 5. The second kappa shape index (κ2) is 8.39. The topological polar surface area (TPSA) is 97.6 Å². The molecule has 1 aromatic carbocycles. The minimum atomic E-state index is -4.51. The van der Waals surface area contributed by atoms with Crippen molar-refractivity contribution in [3.8, 4) is 11.3 Å². The maximum atomic E-state index is 12.8. The number of urea groups is 1. The molecule has 3 amide bonds. The van der Waals surface area contributed by atoms with Gasteiger partial charge >= 0.3 is 18.2 Å². The van der Waals surface area contributed by atoms with Crippen LogP contribution in [0.4, 0.5) is 18.0 Å². The van der Waals surface area contributed by atoms with Crippen LogP contribution in [-0.4, -0.2) is 31.1 Å². The molecular formula is C17H15F3N2O5. The molecule has 1 aromatic heterocycles. The summed E-state index contributed by atoms with van der Waals surface area (Å²) in [4.78, 5) is 34.4. The van der Waals surface area contributed by atoms with Crippen molar-refractivity contribution in [2.45, 2.75) is 13.1 Å². The molecule has 0 unspecified atom stereocenters. The fraction of sp³-hybridized carbons (Fsp3) is 0.235. The zero-order chi connectivity index (χ0) is 20.0. The van der Waals surface area contributed by atoms with Gasteiger partial charge in [0.25, 0.3) is 5.91 Å². The van der Waals surface area contributed by atoms with Gasteiger partial charge in [0.2, 0.25) is 5.76 Å². The minimum Gasteiger partial charge on any atom is -0.450 e. The van der Waals surface area contributed by atoms with E-state index in [0.717, 1.165) is 12.1 Å². The molecule has 7 nitrogen and oxygen atoms in total. The first-order valence-corrected chi connectivity index (χ1v) is 7.73. The second-order valence-electron chi connectivity index (χ2n) is 5.23. The molecule has 27 heavy (non-hydrogen) atoms. The van der Waals surface area contributed by atoms with Crippen LogP contribution < -0.4 is 10.6 Å². The van der Waals surface area contributed by atoms with Gasteiger partial charge in [-0.25, -0.2) is 9.59 Å². The molecule has 144 valence electrons. The highest BCUT2D eigenvalue weighted by molar-refractivity contribution is 5.96. The average molecular weight is 384 g/mol. The highest BCUT2D eigenvalue weighted by atomic mass is 19.4. The molecule has 0 bridgehead atoms. The summed E-state index contributed by atoms with van der Waals surface area (Å²) in [5, 5.41) is 4.26. The molecule has 0 spiro atoms. The number of esters is 1. The molecule has 0 aliphatic rings. The van der Waals surface area contributed by atoms with Gasteiger partial charge in [-0.15, -0.1) is 0 Å². The smallest absolute Gasteiger partial charge is 0.416 e. The van der Waals surface area contributed by atoms with Crippen molar-refractivity contribution in [1.82, 2.24) is 10.6 Å². The number of halogens is 3. The molecule has 2 N–H and O–H groups in total. The number of carbonyl (C=O) groups is 3. The van der Waals surface area contributed by atoms with E-state index in [9.17, 15) is 27.6 Å². The van der Waals surface area contributed by atoms with Gasteiger partial charge in [0.15, 0.2) is 6.61 Å². The van der Waals surface area contributed by atoms with E-state index >= 15 is 0 Å². The third kappa shape index (κ3) is 5.59. The van der Waals surface area contributed by atoms with Crippen LogP contribution in [0.25, 0.3) is 11.3 Å².